The fraction of sp³-hybridized carbons (Fsp3) is 0.866. The number of carbonyl (C=O) groups is 1. The third kappa shape index (κ3) is 60.1. The van der Waals surface area contributed by atoms with E-state index in [1.165, 1.54) is 257 Å². The summed E-state index contributed by atoms with van der Waals surface area (Å²) in [5.41, 5.74) is 0. The third-order valence-corrected chi connectivity index (χ3v) is 16.0. The van der Waals surface area contributed by atoms with Crippen molar-refractivity contribution in [3.05, 3.63) is 48.6 Å². The van der Waals surface area contributed by atoms with Gasteiger partial charge in [0.25, 0.3) is 7.82 Å². The molecule has 3 atom stereocenters. The number of aliphatic hydroxyl groups is 1. The lowest BCUT2D eigenvalue weighted by Gasteiger charge is -2.29. The molecule has 0 radical (unpaired) electrons. The summed E-state index contributed by atoms with van der Waals surface area (Å²) in [5.74, 6) is -0.207. The molecule has 0 bridgehead atoms. The van der Waals surface area contributed by atoms with Gasteiger partial charge in [0, 0.05) is 6.42 Å². The summed E-state index contributed by atoms with van der Waals surface area (Å²) in [6, 6.07) is -0.911. The number of nitrogens with one attached hydrogen (secondary N) is 1. The molecule has 0 saturated heterocycles. The maximum Gasteiger partial charge on any atom is 0.268 e. The third-order valence-electron chi connectivity index (χ3n) is 15.0. The highest BCUT2D eigenvalue weighted by molar-refractivity contribution is 7.45. The SMILES string of the molecule is CCCCCCCCCCCCCC/C=C\CCCCCCCCCCCCCCCCCCC(=O)NC(COP(=O)([O-])OCC[N+](C)(C)C)C(O)/C=C/CC/C=C/CC/C=C/CCCCCCCCCCCCCC. The molecule has 0 rings (SSSR count). The van der Waals surface area contributed by atoms with Crippen molar-refractivity contribution in [1.29, 1.82) is 0 Å². The number of phosphoric acid groups is 1. The molecule has 0 aliphatic rings. The largest absolute Gasteiger partial charge is 0.756 e. The molecule has 9 heteroatoms. The minimum absolute atomic E-state index is 0.00851. The first-order valence-electron chi connectivity index (χ1n) is 33.0. The Morgan fingerprint density at radius 2 is 0.737 bits per heavy atom. The van der Waals surface area contributed by atoms with Crippen molar-refractivity contribution in [3.63, 3.8) is 0 Å². The van der Waals surface area contributed by atoms with E-state index >= 15 is 0 Å². The number of nitrogens with zero attached hydrogens (tertiary/aromatic N) is 1. The second kappa shape index (κ2) is 58.1. The van der Waals surface area contributed by atoms with Gasteiger partial charge >= 0.3 is 0 Å². The molecule has 0 aliphatic heterocycles. The van der Waals surface area contributed by atoms with Gasteiger partial charge in [-0.2, -0.15) is 0 Å². The Labute approximate surface area is 473 Å². The predicted octanol–water partition coefficient (Wildman–Crippen LogP) is 20.0. The molecular weight excluding hydrogens is 960 g/mol. The topological polar surface area (TPSA) is 108 Å². The molecular formula is C67H129N2O6P. The van der Waals surface area contributed by atoms with Crippen LogP contribution >= 0.6 is 7.82 Å². The number of quaternary nitrogens is 1. The smallest absolute Gasteiger partial charge is 0.268 e. The van der Waals surface area contributed by atoms with E-state index in [1.807, 2.05) is 27.2 Å². The van der Waals surface area contributed by atoms with Gasteiger partial charge in [-0.1, -0.05) is 294 Å². The van der Waals surface area contributed by atoms with E-state index < -0.39 is 26.6 Å². The van der Waals surface area contributed by atoms with Gasteiger partial charge in [0.05, 0.1) is 39.9 Å². The number of allylic oxidation sites excluding steroid dienone is 7. The van der Waals surface area contributed by atoms with Crippen molar-refractivity contribution in [2.45, 2.75) is 334 Å². The molecule has 0 fully saturated rings. The van der Waals surface area contributed by atoms with E-state index in [9.17, 15) is 19.4 Å². The second-order valence-electron chi connectivity index (χ2n) is 23.8. The van der Waals surface area contributed by atoms with E-state index in [-0.39, 0.29) is 12.5 Å². The average molecular weight is 1090 g/mol. The minimum Gasteiger partial charge on any atom is -0.756 e. The summed E-state index contributed by atoms with van der Waals surface area (Å²) in [6.07, 6.45) is 78.0. The number of amides is 1. The molecule has 0 aromatic rings. The van der Waals surface area contributed by atoms with Crippen molar-refractivity contribution in [3.8, 4) is 0 Å². The van der Waals surface area contributed by atoms with Crippen LogP contribution in [0.3, 0.4) is 0 Å². The van der Waals surface area contributed by atoms with Gasteiger partial charge in [0.15, 0.2) is 0 Å². The first kappa shape index (κ1) is 74.5. The summed E-state index contributed by atoms with van der Waals surface area (Å²) in [6.45, 7) is 4.66. The average Bonchev–Trinajstić information content (AvgIpc) is 3.38. The van der Waals surface area contributed by atoms with Crippen LogP contribution in [0.5, 0.6) is 0 Å². The molecule has 0 aliphatic carbocycles. The molecule has 1 amide bonds. The molecule has 2 N–H and O–H groups in total. The lowest BCUT2D eigenvalue weighted by atomic mass is 10.0. The van der Waals surface area contributed by atoms with Crippen molar-refractivity contribution in [1.82, 2.24) is 5.32 Å². The zero-order valence-electron chi connectivity index (χ0n) is 51.2. The van der Waals surface area contributed by atoms with E-state index in [4.69, 9.17) is 9.05 Å². The Hall–Kier alpha value is -1.54. The fourth-order valence-electron chi connectivity index (χ4n) is 9.83. The first-order chi connectivity index (χ1) is 37.0. The van der Waals surface area contributed by atoms with Gasteiger partial charge in [0.2, 0.25) is 5.91 Å². The number of carbonyl (C=O) groups excluding carboxylic acids is 1. The molecule has 0 aromatic carbocycles. The quantitative estimate of drug-likeness (QED) is 0.0272. The van der Waals surface area contributed by atoms with Gasteiger partial charge in [-0.15, -0.1) is 0 Å². The van der Waals surface area contributed by atoms with Crippen LogP contribution in [-0.4, -0.2) is 68.5 Å². The molecule has 448 valence electrons. The molecule has 0 heterocycles. The number of hydrogen-bond acceptors (Lipinski definition) is 6. The maximum absolute atomic E-state index is 13.0. The normalized spacial score (nSPS) is 14.0. The van der Waals surface area contributed by atoms with Gasteiger partial charge in [-0.25, -0.2) is 0 Å². The number of phosphoric ester groups is 1. The van der Waals surface area contributed by atoms with Crippen molar-refractivity contribution in [2.75, 3.05) is 40.9 Å². The highest BCUT2D eigenvalue weighted by atomic mass is 31.2. The monoisotopic (exact) mass is 1090 g/mol. The predicted molar refractivity (Wildman–Crippen MR) is 330 cm³/mol. The van der Waals surface area contributed by atoms with Crippen LogP contribution in [-0.2, 0) is 18.4 Å². The van der Waals surface area contributed by atoms with Crippen molar-refractivity contribution in [2.24, 2.45) is 0 Å². The Morgan fingerprint density at radius 3 is 1.07 bits per heavy atom. The van der Waals surface area contributed by atoms with Crippen molar-refractivity contribution >= 4 is 13.7 Å². The van der Waals surface area contributed by atoms with Crippen LogP contribution in [0.4, 0.5) is 0 Å². The van der Waals surface area contributed by atoms with Crippen LogP contribution in [0.1, 0.15) is 322 Å². The molecule has 8 nitrogen and oxygen atoms in total. The van der Waals surface area contributed by atoms with E-state index in [1.54, 1.807) is 6.08 Å². The standard InChI is InChI=1S/C67H129N2O6P/c1-6-8-10-12-14-16-18-20-22-24-26-28-30-31-32-33-34-35-36-37-38-39-41-43-45-47-49-51-53-55-57-59-61-67(71)68-65(64-75-76(72,73)74-63-62-69(3,4)5)66(70)60-58-56-54-52-50-48-46-44-42-40-29-27-25-23-21-19-17-15-13-11-9-7-2/h31-32,42,44,50,52,58,60,65-66,70H,6-30,33-41,43,45-49,51,53-57,59,61-64H2,1-5H3,(H-,68,71,72,73)/b32-31-,44-42+,52-50+,60-58+. The summed E-state index contributed by atoms with van der Waals surface area (Å²) < 4.78 is 23.4. The molecule has 0 aromatic heterocycles. The van der Waals surface area contributed by atoms with Gasteiger partial charge in [0.1, 0.15) is 13.2 Å². The lowest BCUT2D eigenvalue weighted by Crippen LogP contribution is -2.45. The second-order valence-corrected chi connectivity index (χ2v) is 25.2. The Morgan fingerprint density at radius 1 is 0.447 bits per heavy atom. The Bertz CT molecular complexity index is 1380. The maximum atomic E-state index is 13.0. The zero-order valence-corrected chi connectivity index (χ0v) is 52.1. The lowest BCUT2D eigenvalue weighted by molar-refractivity contribution is -0.870. The van der Waals surface area contributed by atoms with Crippen LogP contribution in [0.15, 0.2) is 48.6 Å². The number of likely N-dealkylation sites (N-methyl/N-ethyl adjacent to an activating group) is 1. The Kier molecular flexibility index (Phi) is 56.9. The highest BCUT2D eigenvalue weighted by Gasteiger charge is 2.23. The van der Waals surface area contributed by atoms with E-state index in [2.05, 4.69) is 55.6 Å². The Balaban J connectivity index is 4.11. The number of unbranched alkanes of at least 4 members (excludes halogenated alkanes) is 42. The first-order valence-corrected chi connectivity index (χ1v) is 34.5. The molecule has 0 saturated carbocycles. The minimum atomic E-state index is -4.61. The van der Waals surface area contributed by atoms with Gasteiger partial charge in [-0.3, -0.25) is 9.36 Å². The van der Waals surface area contributed by atoms with Crippen LogP contribution in [0.25, 0.3) is 0 Å². The molecule has 0 spiro atoms. The van der Waals surface area contributed by atoms with Crippen LogP contribution in [0, 0.1) is 0 Å². The summed E-state index contributed by atoms with van der Waals surface area (Å²) in [7, 11) is 1.24. The highest BCUT2D eigenvalue weighted by Crippen LogP contribution is 2.38. The van der Waals surface area contributed by atoms with Crippen molar-refractivity contribution < 1.29 is 32.9 Å². The van der Waals surface area contributed by atoms with E-state index in [0.717, 1.165) is 44.9 Å². The summed E-state index contributed by atoms with van der Waals surface area (Å²) in [4.78, 5) is 25.6. The summed E-state index contributed by atoms with van der Waals surface area (Å²) in [5, 5.41) is 13.9. The van der Waals surface area contributed by atoms with Gasteiger partial charge in [-0.05, 0) is 70.6 Å². The molecule has 76 heavy (non-hydrogen) atoms. The van der Waals surface area contributed by atoms with Crippen LogP contribution in [0.2, 0.25) is 0 Å². The van der Waals surface area contributed by atoms with E-state index in [0.29, 0.717) is 17.4 Å². The van der Waals surface area contributed by atoms with Crippen LogP contribution < -0.4 is 10.2 Å². The molecule has 3 unspecified atom stereocenters. The number of hydrogen-bond donors (Lipinski definition) is 2. The van der Waals surface area contributed by atoms with Gasteiger partial charge < -0.3 is 28.8 Å². The zero-order chi connectivity index (χ0) is 55.6. The number of aliphatic hydroxyl groups excluding tert-OH is 1. The summed E-state index contributed by atoms with van der Waals surface area (Å²) >= 11 is 0. The fourth-order valence-corrected chi connectivity index (χ4v) is 10.6. The number of rotatable bonds is 61.